The zero-order valence-electron chi connectivity index (χ0n) is 11.7. The van der Waals surface area contributed by atoms with Crippen LogP contribution < -0.4 is 5.73 Å². The Kier molecular flexibility index (Phi) is 3.38. The van der Waals surface area contributed by atoms with Crippen LogP contribution in [0.15, 0.2) is 17.8 Å². The third kappa shape index (κ3) is 2.62. The lowest BCUT2D eigenvalue weighted by molar-refractivity contribution is -0.146. The molecule has 0 saturated heterocycles. The van der Waals surface area contributed by atoms with Gasteiger partial charge in [-0.3, -0.25) is 13.9 Å². The lowest BCUT2D eigenvalue weighted by atomic mass is 10.3. The van der Waals surface area contributed by atoms with Gasteiger partial charge in [0.05, 0.1) is 22.8 Å². The molecule has 7 nitrogen and oxygen atoms in total. The van der Waals surface area contributed by atoms with Crippen molar-refractivity contribution in [1.29, 1.82) is 0 Å². The molecule has 0 unspecified atom stereocenters. The van der Waals surface area contributed by atoms with Gasteiger partial charge in [-0.15, -0.1) is 11.3 Å². The smallest absolute Gasteiger partial charge is 0.328 e. The molecule has 3 rings (SSSR count). The fourth-order valence-electron chi connectivity index (χ4n) is 2.03. The van der Waals surface area contributed by atoms with E-state index in [0.29, 0.717) is 5.69 Å². The van der Waals surface area contributed by atoms with Crippen molar-refractivity contribution in [3.8, 4) is 0 Å². The molecule has 3 aromatic heterocycles. The van der Waals surface area contributed by atoms with Gasteiger partial charge in [0.2, 0.25) is 0 Å². The van der Waals surface area contributed by atoms with Crippen molar-refractivity contribution in [1.82, 2.24) is 19.2 Å². The molecule has 21 heavy (non-hydrogen) atoms. The van der Waals surface area contributed by atoms with Gasteiger partial charge < -0.3 is 10.5 Å². The maximum absolute atomic E-state index is 11.9. The fraction of sp³-hybridized carbons (Fsp3) is 0.308. The Morgan fingerprint density at radius 1 is 1.48 bits per heavy atom. The van der Waals surface area contributed by atoms with Crippen molar-refractivity contribution in [2.45, 2.75) is 27.0 Å². The first-order valence-corrected chi connectivity index (χ1v) is 7.28. The SMILES string of the molecule is Cc1nn(CC(=O)OCc2cn3ccsc3n2)c(C)c1N. The second-order valence-electron chi connectivity index (χ2n) is 4.73. The van der Waals surface area contributed by atoms with Crippen LogP contribution in [0.25, 0.3) is 4.96 Å². The number of nitrogens with two attached hydrogens (primary N) is 1. The van der Waals surface area contributed by atoms with Crippen LogP contribution in [0.2, 0.25) is 0 Å². The number of hydrogen-bond donors (Lipinski definition) is 1. The minimum atomic E-state index is -0.364. The topological polar surface area (TPSA) is 87.4 Å². The van der Waals surface area contributed by atoms with E-state index in [1.54, 1.807) is 4.68 Å². The number of hydrogen-bond acceptors (Lipinski definition) is 6. The summed E-state index contributed by atoms with van der Waals surface area (Å²) in [6.45, 7) is 3.84. The largest absolute Gasteiger partial charge is 0.458 e. The predicted molar refractivity (Wildman–Crippen MR) is 79.0 cm³/mol. The Morgan fingerprint density at radius 3 is 2.95 bits per heavy atom. The van der Waals surface area contributed by atoms with Gasteiger partial charge in [-0.2, -0.15) is 5.10 Å². The van der Waals surface area contributed by atoms with Crippen molar-refractivity contribution in [3.63, 3.8) is 0 Å². The van der Waals surface area contributed by atoms with E-state index in [4.69, 9.17) is 10.5 Å². The molecule has 0 saturated carbocycles. The van der Waals surface area contributed by atoms with Crippen LogP contribution in [-0.2, 0) is 22.7 Å². The molecule has 0 aliphatic rings. The van der Waals surface area contributed by atoms with Gasteiger partial charge in [0, 0.05) is 17.8 Å². The summed E-state index contributed by atoms with van der Waals surface area (Å²) in [6.07, 6.45) is 3.76. The van der Waals surface area contributed by atoms with Gasteiger partial charge in [-0.25, -0.2) is 4.98 Å². The van der Waals surface area contributed by atoms with Crippen molar-refractivity contribution < 1.29 is 9.53 Å². The standard InChI is InChI=1S/C13H15N5O2S/c1-8-12(14)9(2)18(16-8)6-11(19)20-7-10-5-17-3-4-21-13(17)15-10/h3-5H,6-7,14H2,1-2H3. The normalized spacial score (nSPS) is 11.1. The average Bonchev–Trinajstić information content (AvgIpc) is 3.08. The highest BCUT2D eigenvalue weighted by atomic mass is 32.1. The highest BCUT2D eigenvalue weighted by Crippen LogP contribution is 2.15. The van der Waals surface area contributed by atoms with Crippen LogP contribution in [0.4, 0.5) is 5.69 Å². The summed E-state index contributed by atoms with van der Waals surface area (Å²) < 4.78 is 8.68. The molecule has 0 fully saturated rings. The lowest BCUT2D eigenvalue weighted by Gasteiger charge is -2.05. The maximum atomic E-state index is 11.9. The molecule has 110 valence electrons. The monoisotopic (exact) mass is 305 g/mol. The molecule has 0 aromatic carbocycles. The summed E-state index contributed by atoms with van der Waals surface area (Å²) in [5, 5.41) is 6.15. The third-order valence-electron chi connectivity index (χ3n) is 3.24. The van der Waals surface area contributed by atoms with Crippen molar-refractivity contribution in [3.05, 3.63) is 34.9 Å². The quantitative estimate of drug-likeness (QED) is 0.739. The Labute approximate surface area is 125 Å². The van der Waals surface area contributed by atoms with Gasteiger partial charge in [0.25, 0.3) is 0 Å². The van der Waals surface area contributed by atoms with E-state index >= 15 is 0 Å². The fourth-order valence-corrected chi connectivity index (χ4v) is 2.75. The first-order chi connectivity index (χ1) is 10.0. The Hall–Kier alpha value is -2.35. The first kappa shape index (κ1) is 13.6. The summed E-state index contributed by atoms with van der Waals surface area (Å²) >= 11 is 1.53. The van der Waals surface area contributed by atoms with Crippen LogP contribution in [0.3, 0.4) is 0 Å². The number of thiazole rings is 1. The van der Waals surface area contributed by atoms with Crippen LogP contribution >= 0.6 is 11.3 Å². The zero-order chi connectivity index (χ0) is 15.0. The minimum Gasteiger partial charge on any atom is -0.458 e. The molecule has 0 bridgehead atoms. The van der Waals surface area contributed by atoms with Gasteiger partial charge >= 0.3 is 5.97 Å². The van der Waals surface area contributed by atoms with E-state index in [0.717, 1.165) is 22.0 Å². The number of aryl methyl sites for hydroxylation is 1. The molecule has 3 heterocycles. The van der Waals surface area contributed by atoms with Gasteiger partial charge in [-0.1, -0.05) is 0 Å². The summed E-state index contributed by atoms with van der Waals surface area (Å²) in [5.74, 6) is -0.364. The Balaban J connectivity index is 1.61. The van der Waals surface area contributed by atoms with Crippen LogP contribution in [-0.4, -0.2) is 25.1 Å². The van der Waals surface area contributed by atoms with E-state index in [-0.39, 0.29) is 19.1 Å². The van der Waals surface area contributed by atoms with Gasteiger partial charge in [-0.05, 0) is 13.8 Å². The van der Waals surface area contributed by atoms with Crippen LogP contribution in [0.1, 0.15) is 17.1 Å². The number of esters is 1. The molecular weight excluding hydrogens is 290 g/mol. The van der Waals surface area contributed by atoms with Crippen molar-refractivity contribution in [2.75, 3.05) is 5.73 Å². The minimum absolute atomic E-state index is 0.0477. The van der Waals surface area contributed by atoms with E-state index in [1.165, 1.54) is 11.3 Å². The van der Waals surface area contributed by atoms with Crippen molar-refractivity contribution >= 4 is 28.0 Å². The molecule has 0 amide bonds. The van der Waals surface area contributed by atoms with Crippen molar-refractivity contribution in [2.24, 2.45) is 0 Å². The highest BCUT2D eigenvalue weighted by Gasteiger charge is 2.13. The number of ether oxygens (including phenoxy) is 1. The number of anilines is 1. The predicted octanol–water partition coefficient (Wildman–Crippen LogP) is 1.53. The van der Waals surface area contributed by atoms with Crippen LogP contribution in [0.5, 0.6) is 0 Å². The molecular formula is C13H15N5O2S. The summed E-state index contributed by atoms with van der Waals surface area (Å²) in [6, 6.07) is 0. The number of carbonyl (C=O) groups excluding carboxylic acids is 1. The molecule has 0 spiro atoms. The number of imidazole rings is 1. The summed E-state index contributed by atoms with van der Waals surface area (Å²) in [7, 11) is 0. The summed E-state index contributed by atoms with van der Waals surface area (Å²) in [4.78, 5) is 17.1. The number of nitrogens with zero attached hydrogens (tertiary/aromatic N) is 4. The van der Waals surface area contributed by atoms with Gasteiger partial charge in [0.1, 0.15) is 13.2 Å². The molecule has 3 aromatic rings. The molecule has 0 radical (unpaired) electrons. The highest BCUT2D eigenvalue weighted by molar-refractivity contribution is 7.15. The Morgan fingerprint density at radius 2 is 2.29 bits per heavy atom. The molecule has 2 N–H and O–H groups in total. The van der Waals surface area contributed by atoms with E-state index in [2.05, 4.69) is 10.1 Å². The second-order valence-corrected chi connectivity index (χ2v) is 5.60. The molecule has 0 aliphatic carbocycles. The average molecular weight is 305 g/mol. The van der Waals surface area contributed by atoms with E-state index in [1.807, 2.05) is 36.0 Å². The number of nitrogen functional groups attached to an aromatic ring is 1. The third-order valence-corrected chi connectivity index (χ3v) is 4.01. The van der Waals surface area contributed by atoms with E-state index in [9.17, 15) is 4.79 Å². The second kappa shape index (κ2) is 5.21. The maximum Gasteiger partial charge on any atom is 0.328 e. The molecule has 0 aliphatic heterocycles. The molecule has 0 atom stereocenters. The number of rotatable bonds is 4. The van der Waals surface area contributed by atoms with Gasteiger partial charge in [0.15, 0.2) is 4.96 Å². The van der Waals surface area contributed by atoms with E-state index < -0.39 is 0 Å². The number of aromatic nitrogens is 4. The Bertz CT molecular complexity index is 772. The zero-order valence-corrected chi connectivity index (χ0v) is 12.6. The lowest BCUT2D eigenvalue weighted by Crippen LogP contribution is -2.15. The van der Waals surface area contributed by atoms with Crippen LogP contribution in [0, 0.1) is 13.8 Å². The first-order valence-electron chi connectivity index (χ1n) is 6.41. The number of fused-ring (bicyclic) bond motifs is 1. The number of carbonyl (C=O) groups is 1. The summed E-state index contributed by atoms with van der Waals surface area (Å²) in [5.41, 5.74) is 8.65. The molecule has 8 heteroatoms.